The van der Waals surface area contributed by atoms with Crippen LogP contribution in [0.3, 0.4) is 0 Å². The second-order valence-electron chi connectivity index (χ2n) is 11.0. The molecule has 4 aromatic rings. The average molecular weight is 543 g/mol. The molecule has 2 aromatic carbocycles. The van der Waals surface area contributed by atoms with E-state index >= 15 is 0 Å². The van der Waals surface area contributed by atoms with E-state index in [1.807, 2.05) is 42.0 Å². The van der Waals surface area contributed by atoms with Crippen LogP contribution >= 0.6 is 11.6 Å². The molecule has 1 aliphatic carbocycles. The van der Waals surface area contributed by atoms with Crippen molar-refractivity contribution in [1.29, 1.82) is 0 Å². The fraction of sp³-hybridized carbons (Fsp3) is 0.387. The molecule has 0 radical (unpaired) electrons. The van der Waals surface area contributed by atoms with Gasteiger partial charge in [-0.2, -0.15) is 4.98 Å². The number of aryl methyl sites for hydroxylation is 2. The lowest BCUT2D eigenvalue weighted by atomic mass is 9.99. The summed E-state index contributed by atoms with van der Waals surface area (Å²) in [7, 11) is 2.17. The van der Waals surface area contributed by atoms with Crippen LogP contribution in [0.5, 0.6) is 0 Å². The van der Waals surface area contributed by atoms with Crippen molar-refractivity contribution in [1.82, 2.24) is 19.4 Å². The van der Waals surface area contributed by atoms with Gasteiger partial charge in [-0.05, 0) is 80.8 Å². The molecule has 0 atom stereocenters. The molecule has 2 aliphatic rings. The lowest BCUT2D eigenvalue weighted by Crippen LogP contribution is -2.44. The second-order valence-corrected chi connectivity index (χ2v) is 11.4. The molecule has 0 amide bonds. The zero-order valence-corrected chi connectivity index (χ0v) is 23.6. The first-order valence-corrected chi connectivity index (χ1v) is 14.3. The van der Waals surface area contributed by atoms with E-state index in [1.54, 1.807) is 0 Å². The fourth-order valence-electron chi connectivity index (χ4n) is 6.14. The van der Waals surface area contributed by atoms with Crippen LogP contribution in [-0.4, -0.2) is 52.7 Å². The lowest BCUT2D eigenvalue weighted by Gasteiger charge is -2.35. The lowest BCUT2D eigenvalue weighted by molar-refractivity contribution is 0.312. The average Bonchev–Trinajstić information content (AvgIpc) is 3.44. The molecule has 0 spiro atoms. The fourth-order valence-corrected chi connectivity index (χ4v) is 6.33. The van der Waals surface area contributed by atoms with E-state index in [9.17, 15) is 4.79 Å². The van der Waals surface area contributed by atoms with E-state index in [1.165, 1.54) is 11.3 Å². The minimum atomic E-state index is -0.00816. The highest BCUT2D eigenvalue weighted by Crippen LogP contribution is 2.34. The van der Waals surface area contributed by atoms with Gasteiger partial charge in [0.1, 0.15) is 5.65 Å². The monoisotopic (exact) mass is 542 g/mol. The van der Waals surface area contributed by atoms with Crippen molar-refractivity contribution in [2.45, 2.75) is 45.6 Å². The summed E-state index contributed by atoms with van der Waals surface area (Å²) in [6.07, 6.45) is 6.05. The summed E-state index contributed by atoms with van der Waals surface area (Å²) in [5, 5.41) is 4.91. The summed E-state index contributed by atoms with van der Waals surface area (Å²) in [6.45, 7) is 8.35. The number of pyridine rings is 1. The van der Waals surface area contributed by atoms with Gasteiger partial charge < -0.3 is 15.1 Å². The first-order chi connectivity index (χ1) is 18.9. The number of rotatable bonds is 5. The number of nitrogens with zero attached hydrogens (tertiary/aromatic N) is 5. The number of piperazine rings is 1. The Kier molecular flexibility index (Phi) is 7.04. The minimum Gasteiger partial charge on any atom is -0.369 e. The molecule has 3 heterocycles. The van der Waals surface area contributed by atoms with Gasteiger partial charge in [0.2, 0.25) is 5.95 Å². The highest BCUT2D eigenvalue weighted by molar-refractivity contribution is 6.30. The summed E-state index contributed by atoms with van der Waals surface area (Å²) >= 11 is 6.31. The van der Waals surface area contributed by atoms with Crippen molar-refractivity contribution < 1.29 is 0 Å². The van der Waals surface area contributed by atoms with Gasteiger partial charge in [-0.25, -0.2) is 4.98 Å². The predicted molar refractivity (Wildman–Crippen MR) is 161 cm³/mol. The van der Waals surface area contributed by atoms with Crippen LogP contribution < -0.4 is 15.8 Å². The number of anilines is 3. The molecule has 1 saturated heterocycles. The topological polar surface area (TPSA) is 66.3 Å². The van der Waals surface area contributed by atoms with Crippen LogP contribution in [0.25, 0.3) is 22.2 Å². The van der Waals surface area contributed by atoms with E-state index in [0.29, 0.717) is 22.2 Å². The highest BCUT2D eigenvalue weighted by Gasteiger charge is 2.25. The molecule has 0 bridgehead atoms. The molecule has 202 valence electrons. The molecule has 2 aromatic heterocycles. The van der Waals surface area contributed by atoms with E-state index in [2.05, 4.69) is 52.3 Å². The number of benzene rings is 2. The Balaban J connectivity index is 1.39. The van der Waals surface area contributed by atoms with Crippen molar-refractivity contribution in [2.75, 3.05) is 43.4 Å². The summed E-state index contributed by atoms with van der Waals surface area (Å²) in [6, 6.07) is 14.1. The molecule has 2 fully saturated rings. The third-order valence-electron chi connectivity index (χ3n) is 8.31. The van der Waals surface area contributed by atoms with E-state index in [-0.39, 0.29) is 11.6 Å². The van der Waals surface area contributed by atoms with Gasteiger partial charge in [0.05, 0.1) is 5.56 Å². The Bertz CT molecular complexity index is 1580. The van der Waals surface area contributed by atoms with Crippen LogP contribution in [0, 0.1) is 13.8 Å². The summed E-state index contributed by atoms with van der Waals surface area (Å²) in [4.78, 5) is 28.5. The maximum atomic E-state index is 14.1. The van der Waals surface area contributed by atoms with Gasteiger partial charge in [0.25, 0.3) is 5.56 Å². The first-order valence-electron chi connectivity index (χ1n) is 13.9. The summed E-state index contributed by atoms with van der Waals surface area (Å²) in [5.41, 5.74) is 6.50. The highest BCUT2D eigenvalue weighted by atomic mass is 35.5. The number of halogens is 1. The zero-order chi connectivity index (χ0) is 27.1. The largest absolute Gasteiger partial charge is 0.369 e. The number of hydrogen-bond acceptors (Lipinski definition) is 6. The van der Waals surface area contributed by atoms with Gasteiger partial charge in [-0.3, -0.25) is 9.36 Å². The summed E-state index contributed by atoms with van der Waals surface area (Å²) < 4.78 is 1.92. The Labute approximate surface area is 234 Å². The van der Waals surface area contributed by atoms with Gasteiger partial charge in [0.15, 0.2) is 0 Å². The Hall–Kier alpha value is -3.42. The standard InChI is InChI=1S/C31H35ClN6O/c1-20-17-24(11-12-27(20)37-15-13-36(3)14-16-37)34-31-33-19-26-21(2)28(22-7-6-8-23(32)18-22)30(39)38(29(26)35-31)25-9-4-5-10-25/h6-8,11-12,17-19,25H,4-5,9-10,13-16H2,1-3H3,(H,33,34,35). The van der Waals surface area contributed by atoms with Crippen molar-refractivity contribution in [3.05, 3.63) is 75.2 Å². The Morgan fingerprint density at radius 3 is 2.49 bits per heavy atom. The first kappa shape index (κ1) is 25.8. The van der Waals surface area contributed by atoms with Crippen LogP contribution in [0.2, 0.25) is 5.02 Å². The van der Waals surface area contributed by atoms with Crippen LogP contribution in [0.15, 0.2) is 53.5 Å². The van der Waals surface area contributed by atoms with E-state index in [4.69, 9.17) is 16.6 Å². The molecule has 8 heteroatoms. The van der Waals surface area contributed by atoms with Crippen molar-refractivity contribution in [3.63, 3.8) is 0 Å². The van der Waals surface area contributed by atoms with Crippen LogP contribution in [-0.2, 0) is 0 Å². The predicted octanol–water partition coefficient (Wildman–Crippen LogP) is 6.34. The van der Waals surface area contributed by atoms with Crippen molar-refractivity contribution >= 4 is 40.0 Å². The third-order valence-corrected chi connectivity index (χ3v) is 8.54. The van der Waals surface area contributed by atoms with Crippen LogP contribution in [0.4, 0.5) is 17.3 Å². The maximum Gasteiger partial charge on any atom is 0.260 e. The van der Waals surface area contributed by atoms with Crippen molar-refractivity contribution in [3.8, 4) is 11.1 Å². The number of likely N-dealkylation sites (N-methyl/N-ethyl adjacent to an activating group) is 1. The second kappa shape index (κ2) is 10.6. The Morgan fingerprint density at radius 1 is 1.00 bits per heavy atom. The summed E-state index contributed by atoms with van der Waals surface area (Å²) in [5.74, 6) is 0.496. The molecular weight excluding hydrogens is 508 g/mol. The molecule has 1 saturated carbocycles. The minimum absolute atomic E-state index is 0.00816. The number of aromatic nitrogens is 3. The quantitative estimate of drug-likeness (QED) is 0.317. The Morgan fingerprint density at radius 2 is 1.77 bits per heavy atom. The zero-order valence-electron chi connectivity index (χ0n) is 22.9. The van der Waals surface area contributed by atoms with Gasteiger partial charge in [-0.15, -0.1) is 0 Å². The molecule has 1 N–H and O–H groups in total. The van der Waals surface area contributed by atoms with Gasteiger partial charge >= 0.3 is 0 Å². The van der Waals surface area contributed by atoms with Gasteiger partial charge in [0, 0.05) is 60.2 Å². The molecule has 1 aliphatic heterocycles. The molecule has 6 rings (SSSR count). The molecular formula is C31H35ClN6O. The smallest absolute Gasteiger partial charge is 0.260 e. The normalized spacial score (nSPS) is 16.8. The molecule has 39 heavy (non-hydrogen) atoms. The molecule has 0 unspecified atom stereocenters. The number of nitrogens with one attached hydrogen (secondary N) is 1. The van der Waals surface area contributed by atoms with Gasteiger partial charge in [-0.1, -0.05) is 36.6 Å². The van der Waals surface area contributed by atoms with Crippen LogP contribution in [0.1, 0.15) is 42.9 Å². The van der Waals surface area contributed by atoms with Crippen molar-refractivity contribution in [2.24, 2.45) is 0 Å². The SMILES string of the molecule is Cc1cc(Nc2ncc3c(C)c(-c4cccc(Cl)c4)c(=O)n(C4CCCC4)c3n2)ccc1N1CCN(C)CC1. The number of fused-ring (bicyclic) bond motifs is 1. The van der Waals surface area contributed by atoms with E-state index in [0.717, 1.165) is 74.1 Å². The van der Waals surface area contributed by atoms with E-state index < -0.39 is 0 Å². The molecule has 7 nitrogen and oxygen atoms in total. The number of hydrogen-bond donors (Lipinski definition) is 1. The third kappa shape index (κ3) is 5.01. The maximum absolute atomic E-state index is 14.1.